The van der Waals surface area contributed by atoms with E-state index in [0.29, 0.717) is 18.9 Å². The summed E-state index contributed by atoms with van der Waals surface area (Å²) >= 11 is 0. The number of carbonyl (C=O) groups excluding carboxylic acids is 1. The summed E-state index contributed by atoms with van der Waals surface area (Å²) in [5.74, 6) is 1.27. The van der Waals surface area contributed by atoms with E-state index in [2.05, 4.69) is 10.3 Å². The van der Waals surface area contributed by atoms with E-state index in [1.165, 1.54) is 12.1 Å². The Morgan fingerprint density at radius 1 is 1.30 bits per heavy atom. The highest BCUT2D eigenvalue weighted by Gasteiger charge is 2.22. The zero-order valence-corrected chi connectivity index (χ0v) is 13.3. The second kappa shape index (κ2) is 6.94. The lowest BCUT2D eigenvalue weighted by Gasteiger charge is -2.09. The van der Waals surface area contributed by atoms with Crippen LogP contribution in [-0.4, -0.2) is 17.4 Å². The fraction of sp³-hybridized carbons (Fsp3) is 0.444. The molecule has 122 valence electrons. The van der Waals surface area contributed by atoms with E-state index >= 15 is 0 Å². The average Bonchev–Trinajstić information content (AvgIpc) is 3.18. The van der Waals surface area contributed by atoms with Gasteiger partial charge in [0.2, 0.25) is 11.8 Å². The first kappa shape index (κ1) is 15.7. The number of hydrogen-bond acceptors (Lipinski definition) is 3. The van der Waals surface area contributed by atoms with E-state index in [1.54, 1.807) is 12.1 Å². The Bertz CT molecular complexity index is 673. The Balaban J connectivity index is 1.58. The number of carbonyl (C=O) groups is 1. The van der Waals surface area contributed by atoms with Gasteiger partial charge in [-0.2, -0.15) is 0 Å². The molecule has 0 radical (unpaired) electrons. The number of benzene rings is 1. The Morgan fingerprint density at radius 2 is 2.00 bits per heavy atom. The summed E-state index contributed by atoms with van der Waals surface area (Å²) in [7, 11) is 0. The van der Waals surface area contributed by atoms with Crippen molar-refractivity contribution < 1.29 is 13.6 Å². The SMILES string of the molecule is Cc1oc(-c2ccc(F)cc2)nc1CCNC(=O)C1CCCC1. The third-order valence-corrected chi connectivity index (χ3v) is 4.37. The summed E-state index contributed by atoms with van der Waals surface area (Å²) in [6.07, 6.45) is 4.95. The van der Waals surface area contributed by atoms with Crippen molar-refractivity contribution in [2.75, 3.05) is 6.54 Å². The number of rotatable bonds is 5. The Labute approximate surface area is 135 Å². The molecule has 4 nitrogen and oxygen atoms in total. The largest absolute Gasteiger partial charge is 0.441 e. The molecular formula is C18H21FN2O2. The Hall–Kier alpha value is -2.17. The van der Waals surface area contributed by atoms with Gasteiger partial charge in [0.05, 0.1) is 5.69 Å². The van der Waals surface area contributed by atoms with E-state index in [-0.39, 0.29) is 17.6 Å². The van der Waals surface area contributed by atoms with Crippen LogP contribution >= 0.6 is 0 Å². The van der Waals surface area contributed by atoms with Crippen LogP contribution < -0.4 is 5.32 Å². The van der Waals surface area contributed by atoms with Crippen LogP contribution in [0.2, 0.25) is 0 Å². The maximum atomic E-state index is 13.0. The first-order valence-electron chi connectivity index (χ1n) is 8.13. The number of nitrogens with zero attached hydrogens (tertiary/aromatic N) is 1. The van der Waals surface area contributed by atoms with Gasteiger partial charge in [0.1, 0.15) is 11.6 Å². The van der Waals surface area contributed by atoms with Gasteiger partial charge in [-0.1, -0.05) is 12.8 Å². The van der Waals surface area contributed by atoms with Crippen molar-refractivity contribution in [1.29, 1.82) is 0 Å². The Morgan fingerprint density at radius 3 is 2.70 bits per heavy atom. The third kappa shape index (κ3) is 3.78. The van der Waals surface area contributed by atoms with Gasteiger partial charge in [0.15, 0.2) is 0 Å². The second-order valence-electron chi connectivity index (χ2n) is 6.05. The first-order chi connectivity index (χ1) is 11.1. The molecule has 0 aliphatic heterocycles. The van der Waals surface area contributed by atoms with E-state index < -0.39 is 0 Å². The van der Waals surface area contributed by atoms with Crippen molar-refractivity contribution in [2.24, 2.45) is 5.92 Å². The van der Waals surface area contributed by atoms with E-state index in [4.69, 9.17) is 4.42 Å². The topological polar surface area (TPSA) is 55.1 Å². The highest BCUT2D eigenvalue weighted by molar-refractivity contribution is 5.78. The molecule has 0 spiro atoms. The smallest absolute Gasteiger partial charge is 0.226 e. The summed E-state index contributed by atoms with van der Waals surface area (Å²) in [6, 6.07) is 6.06. The molecule has 3 rings (SSSR count). The predicted octanol–water partition coefficient (Wildman–Crippen LogP) is 3.64. The average molecular weight is 316 g/mol. The van der Waals surface area contributed by atoms with Crippen LogP contribution in [0.4, 0.5) is 4.39 Å². The van der Waals surface area contributed by atoms with Crippen LogP contribution in [-0.2, 0) is 11.2 Å². The van der Waals surface area contributed by atoms with Crippen LogP contribution in [0, 0.1) is 18.7 Å². The molecule has 5 heteroatoms. The van der Waals surface area contributed by atoms with Gasteiger partial charge >= 0.3 is 0 Å². The van der Waals surface area contributed by atoms with Crippen molar-refractivity contribution >= 4 is 5.91 Å². The monoisotopic (exact) mass is 316 g/mol. The summed E-state index contributed by atoms with van der Waals surface area (Å²) in [6.45, 7) is 2.42. The van der Waals surface area contributed by atoms with Gasteiger partial charge < -0.3 is 9.73 Å². The Kier molecular flexibility index (Phi) is 4.74. The number of aromatic nitrogens is 1. The molecular weight excluding hydrogens is 295 g/mol. The molecule has 1 aromatic heterocycles. The molecule has 0 saturated heterocycles. The molecule has 23 heavy (non-hydrogen) atoms. The van der Waals surface area contributed by atoms with Crippen LogP contribution in [0.5, 0.6) is 0 Å². The van der Waals surface area contributed by atoms with Crippen molar-refractivity contribution in [3.63, 3.8) is 0 Å². The lowest BCUT2D eigenvalue weighted by molar-refractivity contribution is -0.124. The second-order valence-corrected chi connectivity index (χ2v) is 6.05. The molecule has 1 aromatic carbocycles. The zero-order valence-electron chi connectivity index (χ0n) is 13.3. The van der Waals surface area contributed by atoms with Gasteiger partial charge in [0, 0.05) is 24.4 Å². The maximum absolute atomic E-state index is 13.0. The van der Waals surface area contributed by atoms with Gasteiger partial charge in [-0.25, -0.2) is 9.37 Å². The van der Waals surface area contributed by atoms with Gasteiger partial charge in [-0.15, -0.1) is 0 Å². The molecule has 0 bridgehead atoms. The van der Waals surface area contributed by atoms with E-state index in [9.17, 15) is 9.18 Å². The first-order valence-corrected chi connectivity index (χ1v) is 8.13. The number of amides is 1. The normalized spacial score (nSPS) is 15.0. The lowest BCUT2D eigenvalue weighted by atomic mass is 10.1. The summed E-state index contributed by atoms with van der Waals surface area (Å²) in [5.41, 5.74) is 1.58. The molecule has 1 saturated carbocycles. The molecule has 1 aliphatic rings. The van der Waals surface area contributed by atoms with Gasteiger partial charge in [-0.05, 0) is 44.0 Å². The number of oxazole rings is 1. The van der Waals surface area contributed by atoms with Gasteiger partial charge in [-0.3, -0.25) is 4.79 Å². The lowest BCUT2D eigenvalue weighted by Crippen LogP contribution is -2.31. The third-order valence-electron chi connectivity index (χ3n) is 4.37. The number of nitrogens with one attached hydrogen (secondary N) is 1. The number of halogens is 1. The minimum Gasteiger partial charge on any atom is -0.441 e. The van der Waals surface area contributed by atoms with Crippen LogP contribution in [0.3, 0.4) is 0 Å². The molecule has 1 N–H and O–H groups in total. The predicted molar refractivity (Wildman–Crippen MR) is 85.3 cm³/mol. The van der Waals surface area contributed by atoms with Crippen molar-refractivity contribution in [3.8, 4) is 11.5 Å². The van der Waals surface area contributed by atoms with E-state index in [0.717, 1.165) is 42.7 Å². The van der Waals surface area contributed by atoms with Gasteiger partial charge in [0.25, 0.3) is 0 Å². The highest BCUT2D eigenvalue weighted by Crippen LogP contribution is 2.25. The summed E-state index contributed by atoms with van der Waals surface area (Å²) in [5, 5.41) is 2.99. The molecule has 1 amide bonds. The molecule has 0 unspecified atom stereocenters. The standard InChI is InChI=1S/C18H21FN2O2/c1-12-16(10-11-20-17(22)13-4-2-3-5-13)21-18(23-12)14-6-8-15(19)9-7-14/h6-9,13H,2-5,10-11H2,1H3,(H,20,22). The summed E-state index contributed by atoms with van der Waals surface area (Å²) < 4.78 is 18.6. The van der Waals surface area contributed by atoms with Crippen molar-refractivity contribution in [1.82, 2.24) is 10.3 Å². The molecule has 1 heterocycles. The van der Waals surface area contributed by atoms with Crippen LogP contribution in [0.1, 0.15) is 37.1 Å². The quantitative estimate of drug-likeness (QED) is 0.916. The summed E-state index contributed by atoms with van der Waals surface area (Å²) in [4.78, 5) is 16.5. The number of hydrogen-bond donors (Lipinski definition) is 1. The maximum Gasteiger partial charge on any atom is 0.226 e. The van der Waals surface area contributed by atoms with Crippen molar-refractivity contribution in [3.05, 3.63) is 41.5 Å². The minimum absolute atomic E-state index is 0.155. The van der Waals surface area contributed by atoms with Crippen molar-refractivity contribution in [2.45, 2.75) is 39.0 Å². The zero-order chi connectivity index (χ0) is 16.2. The molecule has 1 aliphatic carbocycles. The number of aryl methyl sites for hydroxylation is 1. The molecule has 1 fully saturated rings. The minimum atomic E-state index is -0.285. The highest BCUT2D eigenvalue weighted by atomic mass is 19.1. The fourth-order valence-electron chi connectivity index (χ4n) is 3.01. The van der Waals surface area contributed by atoms with Crippen LogP contribution in [0.15, 0.2) is 28.7 Å². The molecule has 0 atom stereocenters. The van der Waals surface area contributed by atoms with E-state index in [1.807, 2.05) is 6.92 Å². The van der Waals surface area contributed by atoms with Crippen LogP contribution in [0.25, 0.3) is 11.5 Å². The fourth-order valence-corrected chi connectivity index (χ4v) is 3.01. The molecule has 2 aromatic rings.